The summed E-state index contributed by atoms with van der Waals surface area (Å²) in [5.41, 5.74) is 2.54. The first-order valence-corrected chi connectivity index (χ1v) is 5.23. The van der Waals surface area contributed by atoms with E-state index in [4.69, 9.17) is 4.74 Å². The van der Waals surface area contributed by atoms with E-state index in [2.05, 4.69) is 41.9 Å². The molecule has 0 aliphatic heterocycles. The molecule has 0 saturated heterocycles. The van der Waals surface area contributed by atoms with E-state index < -0.39 is 0 Å². The van der Waals surface area contributed by atoms with E-state index in [1.165, 1.54) is 11.1 Å². The van der Waals surface area contributed by atoms with Crippen molar-refractivity contribution in [3.63, 3.8) is 0 Å². The van der Waals surface area contributed by atoms with Crippen molar-refractivity contribution in [3.8, 4) is 5.75 Å². The molecule has 0 heterocycles. The van der Waals surface area contributed by atoms with Crippen LogP contribution in [0.5, 0.6) is 5.75 Å². The average Bonchev–Trinajstić information content (AvgIpc) is 1.99. The van der Waals surface area contributed by atoms with Gasteiger partial charge in [0.05, 0.1) is 10.6 Å². The van der Waals surface area contributed by atoms with Crippen molar-refractivity contribution in [1.29, 1.82) is 0 Å². The van der Waals surface area contributed by atoms with Gasteiger partial charge in [0.2, 0.25) is 0 Å². The van der Waals surface area contributed by atoms with Crippen LogP contribution in [0.15, 0.2) is 16.6 Å². The molecule has 1 aromatic carbocycles. The summed E-state index contributed by atoms with van der Waals surface area (Å²) in [5.74, 6) is 0.929. The molecule has 0 spiro atoms. The second-order valence-electron chi connectivity index (χ2n) is 3.53. The number of hydrogen-bond acceptors (Lipinski definition) is 1. The van der Waals surface area contributed by atoms with Crippen molar-refractivity contribution in [1.82, 2.24) is 0 Å². The van der Waals surface area contributed by atoms with Crippen LogP contribution in [0.4, 0.5) is 0 Å². The van der Waals surface area contributed by atoms with Gasteiger partial charge < -0.3 is 4.74 Å². The lowest BCUT2D eigenvalue weighted by molar-refractivity contribution is 0.240. The highest BCUT2D eigenvalue weighted by Crippen LogP contribution is 2.28. The maximum atomic E-state index is 5.63. The highest BCUT2D eigenvalue weighted by molar-refractivity contribution is 9.10. The minimum atomic E-state index is 0.221. The van der Waals surface area contributed by atoms with Crippen molar-refractivity contribution >= 4 is 15.9 Å². The van der Waals surface area contributed by atoms with Gasteiger partial charge in [-0.2, -0.15) is 0 Å². The first-order chi connectivity index (χ1) is 6.00. The molecule has 0 aliphatic carbocycles. The lowest BCUT2D eigenvalue weighted by Crippen LogP contribution is -2.06. The van der Waals surface area contributed by atoms with Gasteiger partial charge in [-0.1, -0.05) is 0 Å². The lowest BCUT2D eigenvalue weighted by Gasteiger charge is -2.13. The zero-order valence-electron chi connectivity index (χ0n) is 8.52. The van der Waals surface area contributed by atoms with Crippen molar-refractivity contribution < 1.29 is 4.74 Å². The fraction of sp³-hybridized carbons (Fsp3) is 0.455. The van der Waals surface area contributed by atoms with Gasteiger partial charge in [-0.25, -0.2) is 0 Å². The minimum Gasteiger partial charge on any atom is -0.490 e. The fourth-order valence-electron chi connectivity index (χ4n) is 1.10. The second kappa shape index (κ2) is 4.14. The number of rotatable bonds is 2. The van der Waals surface area contributed by atoms with Crippen molar-refractivity contribution in [2.24, 2.45) is 0 Å². The molecular formula is C11H15BrO. The van der Waals surface area contributed by atoms with E-state index in [0.717, 1.165) is 10.2 Å². The highest BCUT2D eigenvalue weighted by atomic mass is 79.9. The van der Waals surface area contributed by atoms with E-state index in [0.29, 0.717) is 0 Å². The van der Waals surface area contributed by atoms with E-state index in [9.17, 15) is 0 Å². The Kier molecular flexibility index (Phi) is 3.37. The quantitative estimate of drug-likeness (QED) is 0.766. The third-order valence-electron chi connectivity index (χ3n) is 1.91. The second-order valence-corrected chi connectivity index (χ2v) is 4.39. The van der Waals surface area contributed by atoms with Crippen LogP contribution in [-0.4, -0.2) is 6.10 Å². The molecule has 1 nitrogen and oxygen atoms in total. The first kappa shape index (κ1) is 10.6. The van der Waals surface area contributed by atoms with Gasteiger partial charge >= 0.3 is 0 Å². The molecule has 0 amide bonds. The minimum absolute atomic E-state index is 0.221. The molecule has 72 valence electrons. The van der Waals surface area contributed by atoms with E-state index in [1.807, 2.05) is 13.8 Å². The summed E-state index contributed by atoms with van der Waals surface area (Å²) < 4.78 is 6.67. The molecule has 0 radical (unpaired) electrons. The van der Waals surface area contributed by atoms with E-state index >= 15 is 0 Å². The Morgan fingerprint density at radius 1 is 1.15 bits per heavy atom. The maximum absolute atomic E-state index is 5.63. The predicted octanol–water partition coefficient (Wildman–Crippen LogP) is 3.85. The summed E-state index contributed by atoms with van der Waals surface area (Å²) in [6.07, 6.45) is 0.221. The summed E-state index contributed by atoms with van der Waals surface area (Å²) in [7, 11) is 0. The van der Waals surface area contributed by atoms with Crippen LogP contribution in [0.1, 0.15) is 25.0 Å². The Morgan fingerprint density at radius 3 is 2.23 bits per heavy atom. The summed E-state index contributed by atoms with van der Waals surface area (Å²) >= 11 is 3.48. The Labute approximate surface area is 88.2 Å². The number of ether oxygens (including phenoxy) is 1. The molecule has 13 heavy (non-hydrogen) atoms. The van der Waals surface area contributed by atoms with Gasteiger partial charge in [0.1, 0.15) is 5.75 Å². The number of hydrogen-bond donors (Lipinski definition) is 0. The summed E-state index contributed by atoms with van der Waals surface area (Å²) in [6, 6.07) is 4.16. The Balaban J connectivity index is 3.01. The van der Waals surface area contributed by atoms with Crippen LogP contribution in [-0.2, 0) is 0 Å². The molecule has 0 aromatic heterocycles. The van der Waals surface area contributed by atoms with Crippen LogP contribution in [0.25, 0.3) is 0 Å². The van der Waals surface area contributed by atoms with Gasteiger partial charge in [-0.15, -0.1) is 0 Å². The molecular weight excluding hydrogens is 228 g/mol. The monoisotopic (exact) mass is 242 g/mol. The molecule has 0 bridgehead atoms. The van der Waals surface area contributed by atoms with Crippen LogP contribution in [0.2, 0.25) is 0 Å². The van der Waals surface area contributed by atoms with Crippen LogP contribution in [0.3, 0.4) is 0 Å². The molecule has 0 N–H and O–H groups in total. The van der Waals surface area contributed by atoms with Crippen molar-refractivity contribution in [3.05, 3.63) is 27.7 Å². The molecule has 0 aliphatic rings. The largest absolute Gasteiger partial charge is 0.490 e. The summed E-state index contributed by atoms with van der Waals surface area (Å²) in [6.45, 7) is 8.25. The smallest absolute Gasteiger partial charge is 0.134 e. The van der Waals surface area contributed by atoms with E-state index in [1.54, 1.807) is 0 Å². The third kappa shape index (κ3) is 2.73. The SMILES string of the molecule is Cc1cc(Br)c(OC(C)C)cc1C. The molecule has 0 atom stereocenters. The fourth-order valence-corrected chi connectivity index (χ4v) is 1.65. The maximum Gasteiger partial charge on any atom is 0.134 e. The molecule has 0 unspecified atom stereocenters. The molecule has 1 aromatic rings. The standard InChI is InChI=1S/C11H15BrO/c1-7(2)13-11-6-9(4)8(3)5-10(11)12/h5-7H,1-4H3. The van der Waals surface area contributed by atoms with Gasteiger partial charge in [0.15, 0.2) is 0 Å². The predicted molar refractivity (Wildman–Crippen MR) is 59.4 cm³/mol. The topological polar surface area (TPSA) is 9.23 Å². The van der Waals surface area contributed by atoms with Crippen molar-refractivity contribution in [2.75, 3.05) is 0 Å². The summed E-state index contributed by atoms with van der Waals surface area (Å²) in [5, 5.41) is 0. The van der Waals surface area contributed by atoms with Gasteiger partial charge in [-0.3, -0.25) is 0 Å². The average molecular weight is 243 g/mol. The molecule has 2 heteroatoms. The zero-order chi connectivity index (χ0) is 10.0. The number of halogens is 1. The Hall–Kier alpha value is -0.500. The number of aryl methyl sites for hydroxylation is 2. The van der Waals surface area contributed by atoms with Crippen LogP contribution < -0.4 is 4.74 Å². The first-order valence-electron chi connectivity index (χ1n) is 4.44. The van der Waals surface area contributed by atoms with Gasteiger partial charge in [-0.05, 0) is 66.9 Å². The summed E-state index contributed by atoms with van der Waals surface area (Å²) in [4.78, 5) is 0. The Bertz CT molecular complexity index is 305. The van der Waals surface area contributed by atoms with Crippen molar-refractivity contribution in [2.45, 2.75) is 33.8 Å². The normalized spacial score (nSPS) is 10.6. The van der Waals surface area contributed by atoms with E-state index in [-0.39, 0.29) is 6.10 Å². The zero-order valence-corrected chi connectivity index (χ0v) is 10.1. The van der Waals surface area contributed by atoms with Crippen LogP contribution in [0, 0.1) is 13.8 Å². The Morgan fingerprint density at radius 2 is 1.69 bits per heavy atom. The molecule has 0 saturated carbocycles. The van der Waals surface area contributed by atoms with Crippen LogP contribution >= 0.6 is 15.9 Å². The molecule has 1 rings (SSSR count). The third-order valence-corrected chi connectivity index (χ3v) is 2.53. The molecule has 0 fully saturated rings. The highest BCUT2D eigenvalue weighted by Gasteiger charge is 2.05. The lowest BCUT2D eigenvalue weighted by atomic mass is 10.1. The van der Waals surface area contributed by atoms with Gasteiger partial charge in [0, 0.05) is 0 Å². The van der Waals surface area contributed by atoms with Gasteiger partial charge in [0.25, 0.3) is 0 Å². The number of benzene rings is 1.